The molecule has 0 saturated carbocycles. The molecule has 2 aromatic heterocycles. The predicted octanol–water partition coefficient (Wildman–Crippen LogP) is 6.48. The number of halogens is 3. The third-order valence-electron chi connectivity index (χ3n) is 7.22. The van der Waals surface area contributed by atoms with Gasteiger partial charge in [-0.2, -0.15) is 4.98 Å². The lowest BCUT2D eigenvalue weighted by Gasteiger charge is -2.14. The van der Waals surface area contributed by atoms with Gasteiger partial charge in [0, 0.05) is 29.2 Å². The van der Waals surface area contributed by atoms with E-state index in [9.17, 15) is 19.2 Å². The van der Waals surface area contributed by atoms with Crippen molar-refractivity contribution in [2.24, 2.45) is 14.1 Å². The fourth-order valence-corrected chi connectivity index (χ4v) is 6.30. The molecule has 0 bridgehead atoms. The Morgan fingerprint density at radius 3 is 2.28 bits per heavy atom. The average molecular weight is 699 g/mol. The zero-order chi connectivity index (χ0) is 32.9. The summed E-state index contributed by atoms with van der Waals surface area (Å²) in [5, 5.41) is 0.852. The van der Waals surface area contributed by atoms with Crippen LogP contribution < -0.4 is 25.6 Å². The molecule has 6 rings (SSSR count). The second-order valence-corrected chi connectivity index (χ2v) is 12.4. The molecular formula is C31H22Cl3N5O6S. The highest BCUT2D eigenvalue weighted by Crippen LogP contribution is 2.38. The number of carbonyl (C=O) groups is 2. The second-order valence-electron chi connectivity index (χ2n) is 10.1. The molecule has 15 heteroatoms. The fraction of sp³-hybridized carbons (Fsp3) is 0.129. The number of thioether (sulfide) groups is 1. The van der Waals surface area contributed by atoms with Crippen LogP contribution in [0.1, 0.15) is 11.1 Å². The Morgan fingerprint density at radius 1 is 0.870 bits per heavy atom. The van der Waals surface area contributed by atoms with Gasteiger partial charge in [-0.3, -0.25) is 28.1 Å². The van der Waals surface area contributed by atoms with Crippen molar-refractivity contribution in [1.82, 2.24) is 18.7 Å². The number of amides is 2. The van der Waals surface area contributed by atoms with Crippen LogP contribution in [-0.4, -0.2) is 36.9 Å². The second kappa shape index (κ2) is 12.4. The summed E-state index contributed by atoms with van der Waals surface area (Å²) >= 11 is 19.3. The molecule has 5 aromatic rings. The number of aryl methyl sites for hydroxylation is 1. The molecule has 46 heavy (non-hydrogen) atoms. The number of hydrogen-bond acceptors (Lipinski definition) is 8. The predicted molar refractivity (Wildman–Crippen MR) is 179 cm³/mol. The number of ether oxygens (including phenoxy) is 2. The van der Waals surface area contributed by atoms with Crippen molar-refractivity contribution in [2.45, 2.75) is 6.54 Å². The molecule has 11 nitrogen and oxygen atoms in total. The summed E-state index contributed by atoms with van der Waals surface area (Å²) in [7, 11) is 4.32. The Kier molecular flexibility index (Phi) is 8.47. The normalized spacial score (nSPS) is 14.1. The SMILES string of the molecule is COc1cc(/C=C2/SC(=O)N(c3ccc(Cl)cc3)C2=O)ccc1Oc1nc2c(c(=O)n(C)c(=O)n2C)n1Cc1ccc(Cl)cc1Cl. The van der Waals surface area contributed by atoms with Crippen LogP contribution >= 0.6 is 46.6 Å². The molecule has 0 N–H and O–H groups in total. The summed E-state index contributed by atoms with van der Waals surface area (Å²) in [6, 6.07) is 16.3. The summed E-state index contributed by atoms with van der Waals surface area (Å²) in [5.41, 5.74) is 0.704. The maximum Gasteiger partial charge on any atom is 0.332 e. The van der Waals surface area contributed by atoms with Gasteiger partial charge in [-0.15, -0.1) is 0 Å². The smallest absolute Gasteiger partial charge is 0.332 e. The van der Waals surface area contributed by atoms with E-state index in [1.54, 1.807) is 66.7 Å². The lowest BCUT2D eigenvalue weighted by Crippen LogP contribution is -2.37. The Hall–Kier alpha value is -4.49. The van der Waals surface area contributed by atoms with Gasteiger partial charge in [0.1, 0.15) is 0 Å². The van der Waals surface area contributed by atoms with Crippen molar-refractivity contribution in [3.63, 3.8) is 0 Å². The van der Waals surface area contributed by atoms with Crippen LogP contribution in [-0.2, 0) is 25.4 Å². The Morgan fingerprint density at radius 2 is 1.59 bits per heavy atom. The number of anilines is 1. The van der Waals surface area contributed by atoms with E-state index in [0.717, 1.165) is 21.2 Å². The average Bonchev–Trinajstić information content (AvgIpc) is 3.52. The van der Waals surface area contributed by atoms with Crippen LogP contribution in [0.4, 0.5) is 10.5 Å². The van der Waals surface area contributed by atoms with Crippen LogP contribution in [0.5, 0.6) is 17.5 Å². The molecule has 1 saturated heterocycles. The van der Waals surface area contributed by atoms with Gasteiger partial charge in [-0.05, 0) is 77.5 Å². The van der Waals surface area contributed by atoms with E-state index < -0.39 is 22.4 Å². The van der Waals surface area contributed by atoms with E-state index in [4.69, 9.17) is 44.3 Å². The van der Waals surface area contributed by atoms with Crippen molar-refractivity contribution < 1.29 is 19.1 Å². The monoisotopic (exact) mass is 697 g/mol. The maximum atomic E-state index is 13.3. The number of rotatable bonds is 7. The first kappa shape index (κ1) is 31.5. The molecule has 1 aliphatic rings. The number of imidazole rings is 1. The number of nitrogens with zero attached hydrogens (tertiary/aromatic N) is 5. The summed E-state index contributed by atoms with van der Waals surface area (Å²) in [5.74, 6) is 0.0310. The standard InChI is InChI=1S/C31H22Cl3N5O6S/c1-36-26-25(28(41)37(2)30(36)42)38(15-17-5-6-19(33)14-21(17)34)29(35-26)45-22-11-4-16(12-23(22)44-3)13-24-27(40)39(31(43)46-24)20-9-7-18(32)8-10-20/h4-14H,15H2,1-3H3/b24-13+. The van der Waals surface area contributed by atoms with Gasteiger partial charge in [-0.1, -0.05) is 46.9 Å². The van der Waals surface area contributed by atoms with Crippen LogP contribution in [0.15, 0.2) is 75.2 Å². The van der Waals surface area contributed by atoms with E-state index in [1.165, 1.54) is 30.3 Å². The number of aromatic nitrogens is 4. The summed E-state index contributed by atoms with van der Waals surface area (Å²) < 4.78 is 15.6. The largest absolute Gasteiger partial charge is 0.493 e. The minimum Gasteiger partial charge on any atom is -0.493 e. The van der Waals surface area contributed by atoms with E-state index in [2.05, 4.69) is 4.98 Å². The van der Waals surface area contributed by atoms with Gasteiger partial charge in [0.2, 0.25) is 0 Å². The fourth-order valence-electron chi connectivity index (χ4n) is 4.86. The molecule has 0 unspecified atom stereocenters. The quantitative estimate of drug-likeness (QED) is 0.177. The van der Waals surface area contributed by atoms with Crippen LogP contribution in [0, 0.1) is 0 Å². The van der Waals surface area contributed by atoms with Crippen molar-refractivity contribution in [3.8, 4) is 17.5 Å². The zero-order valence-electron chi connectivity index (χ0n) is 24.3. The minimum absolute atomic E-state index is 0.00514. The van der Waals surface area contributed by atoms with Crippen molar-refractivity contribution in [2.75, 3.05) is 12.0 Å². The molecule has 1 aliphatic heterocycles. The van der Waals surface area contributed by atoms with Crippen LogP contribution in [0.2, 0.25) is 15.1 Å². The van der Waals surface area contributed by atoms with Crippen molar-refractivity contribution in [1.29, 1.82) is 0 Å². The highest BCUT2D eigenvalue weighted by molar-refractivity contribution is 8.19. The Bertz CT molecular complexity index is 2230. The number of benzene rings is 3. The van der Waals surface area contributed by atoms with E-state index >= 15 is 0 Å². The first-order valence-corrected chi connectivity index (χ1v) is 15.4. The van der Waals surface area contributed by atoms with E-state index in [-0.39, 0.29) is 40.1 Å². The van der Waals surface area contributed by atoms with Gasteiger partial charge < -0.3 is 9.47 Å². The molecule has 2 amide bonds. The highest BCUT2D eigenvalue weighted by atomic mass is 35.5. The first-order valence-electron chi connectivity index (χ1n) is 13.5. The molecular weight excluding hydrogens is 677 g/mol. The lowest BCUT2D eigenvalue weighted by molar-refractivity contribution is -0.113. The molecule has 1 fully saturated rings. The summed E-state index contributed by atoms with van der Waals surface area (Å²) in [6.45, 7) is 0.0687. The third kappa shape index (κ3) is 5.69. The van der Waals surface area contributed by atoms with Gasteiger partial charge in [0.25, 0.3) is 16.7 Å². The zero-order valence-corrected chi connectivity index (χ0v) is 27.4. The summed E-state index contributed by atoms with van der Waals surface area (Å²) in [6.07, 6.45) is 1.57. The topological polar surface area (TPSA) is 118 Å². The lowest BCUT2D eigenvalue weighted by atomic mass is 10.2. The molecule has 0 aliphatic carbocycles. The number of methoxy groups -OCH3 is 1. The summed E-state index contributed by atoms with van der Waals surface area (Å²) in [4.78, 5) is 57.6. The van der Waals surface area contributed by atoms with E-state index in [0.29, 0.717) is 31.9 Å². The van der Waals surface area contributed by atoms with E-state index in [1.807, 2.05) is 0 Å². The maximum absolute atomic E-state index is 13.3. The third-order valence-corrected chi connectivity index (χ3v) is 8.93. The Labute approximate surface area is 280 Å². The van der Waals surface area contributed by atoms with Gasteiger partial charge in [-0.25, -0.2) is 9.69 Å². The number of fused-ring (bicyclic) bond motifs is 1. The first-order chi connectivity index (χ1) is 22.0. The molecule has 3 heterocycles. The highest BCUT2D eigenvalue weighted by Gasteiger charge is 2.36. The number of hydrogen-bond donors (Lipinski definition) is 0. The van der Waals surface area contributed by atoms with Crippen LogP contribution in [0.25, 0.3) is 17.2 Å². The molecule has 234 valence electrons. The van der Waals surface area contributed by atoms with Gasteiger partial charge >= 0.3 is 11.7 Å². The minimum atomic E-state index is -0.569. The molecule has 3 aromatic carbocycles. The Balaban J connectivity index is 1.38. The van der Waals surface area contributed by atoms with Crippen molar-refractivity contribution in [3.05, 3.63) is 113 Å². The van der Waals surface area contributed by atoms with Crippen molar-refractivity contribution >= 4 is 80.6 Å². The molecule has 0 spiro atoms. The number of carbonyl (C=O) groups excluding carboxylic acids is 2. The van der Waals surface area contributed by atoms with Crippen LogP contribution in [0.3, 0.4) is 0 Å². The van der Waals surface area contributed by atoms with Gasteiger partial charge in [0.15, 0.2) is 22.7 Å². The molecule has 0 radical (unpaired) electrons. The molecule has 0 atom stereocenters. The van der Waals surface area contributed by atoms with Gasteiger partial charge in [0.05, 0.1) is 24.2 Å². The number of imide groups is 1.